The number of hydrogen-bond donors (Lipinski definition) is 1. The molecule has 1 N–H and O–H groups in total. The van der Waals surface area contributed by atoms with E-state index < -0.39 is 0 Å². The highest BCUT2D eigenvalue weighted by molar-refractivity contribution is 7.13. The van der Waals surface area contributed by atoms with Gasteiger partial charge >= 0.3 is 11.8 Å². The van der Waals surface area contributed by atoms with Crippen LogP contribution in [-0.4, -0.2) is 45.2 Å². The van der Waals surface area contributed by atoms with Crippen LogP contribution in [0, 0.1) is 0 Å². The fourth-order valence-electron chi connectivity index (χ4n) is 2.66. The van der Waals surface area contributed by atoms with E-state index in [2.05, 4.69) is 10.1 Å². The third-order valence-electron chi connectivity index (χ3n) is 3.70. The Hall–Kier alpha value is -1.73. The molecular formula is C14H17N3O3S. The molecule has 2 aromatic heterocycles. The van der Waals surface area contributed by atoms with Crippen molar-refractivity contribution in [2.45, 2.75) is 31.7 Å². The fourth-order valence-corrected chi connectivity index (χ4v) is 3.31. The zero-order valence-corrected chi connectivity index (χ0v) is 12.4. The number of aromatic nitrogens is 2. The van der Waals surface area contributed by atoms with Crippen molar-refractivity contribution in [3.8, 4) is 10.7 Å². The number of thiophene rings is 1. The van der Waals surface area contributed by atoms with E-state index in [0.717, 1.165) is 24.1 Å². The zero-order valence-electron chi connectivity index (χ0n) is 11.6. The molecule has 0 unspecified atom stereocenters. The van der Waals surface area contributed by atoms with Crippen LogP contribution in [0.4, 0.5) is 0 Å². The average Bonchev–Trinajstić information content (AvgIpc) is 3.18. The van der Waals surface area contributed by atoms with Crippen molar-refractivity contribution < 1.29 is 14.4 Å². The lowest BCUT2D eigenvalue weighted by Crippen LogP contribution is -2.44. The first-order valence-corrected chi connectivity index (χ1v) is 7.97. The van der Waals surface area contributed by atoms with Gasteiger partial charge in [-0.3, -0.25) is 4.79 Å². The predicted octanol–water partition coefficient (Wildman–Crippen LogP) is 2.18. The highest BCUT2D eigenvalue weighted by Gasteiger charge is 2.30. The number of aliphatic hydroxyl groups is 1. The summed E-state index contributed by atoms with van der Waals surface area (Å²) in [5.74, 6) is 0.246. The quantitative estimate of drug-likeness (QED) is 0.936. The van der Waals surface area contributed by atoms with Crippen molar-refractivity contribution >= 4 is 17.2 Å². The summed E-state index contributed by atoms with van der Waals surface area (Å²) in [6.07, 6.45) is 3.56. The van der Waals surface area contributed by atoms with Gasteiger partial charge < -0.3 is 14.5 Å². The topological polar surface area (TPSA) is 79.5 Å². The Balaban J connectivity index is 1.77. The Morgan fingerprint density at radius 1 is 1.52 bits per heavy atom. The van der Waals surface area contributed by atoms with Crippen molar-refractivity contribution in [1.29, 1.82) is 0 Å². The lowest BCUT2D eigenvalue weighted by Gasteiger charge is -2.34. The summed E-state index contributed by atoms with van der Waals surface area (Å²) in [5, 5.41) is 14.9. The minimum Gasteiger partial charge on any atom is -0.396 e. The molecule has 0 aliphatic carbocycles. The lowest BCUT2D eigenvalue weighted by atomic mass is 9.99. The van der Waals surface area contributed by atoms with Crippen LogP contribution in [0.2, 0.25) is 0 Å². The molecule has 0 bridgehead atoms. The van der Waals surface area contributed by atoms with Gasteiger partial charge in [-0.25, -0.2) is 0 Å². The minimum atomic E-state index is -0.233. The third-order valence-corrected chi connectivity index (χ3v) is 4.57. The number of nitrogens with zero attached hydrogens (tertiary/aromatic N) is 3. The van der Waals surface area contributed by atoms with Crippen molar-refractivity contribution in [3.63, 3.8) is 0 Å². The average molecular weight is 307 g/mol. The molecule has 3 heterocycles. The molecule has 7 heteroatoms. The predicted molar refractivity (Wildman–Crippen MR) is 78.0 cm³/mol. The summed E-state index contributed by atoms with van der Waals surface area (Å²) >= 11 is 1.50. The van der Waals surface area contributed by atoms with Gasteiger partial charge in [-0.05, 0) is 37.1 Å². The van der Waals surface area contributed by atoms with Gasteiger partial charge in [-0.2, -0.15) is 4.98 Å². The second-order valence-electron chi connectivity index (χ2n) is 5.06. The maximum Gasteiger partial charge on any atom is 0.316 e. The Labute approximate surface area is 126 Å². The number of carbonyl (C=O) groups is 1. The molecule has 1 amide bonds. The Morgan fingerprint density at radius 3 is 3.19 bits per heavy atom. The Morgan fingerprint density at radius 2 is 2.43 bits per heavy atom. The van der Waals surface area contributed by atoms with Crippen LogP contribution in [0.5, 0.6) is 0 Å². The lowest BCUT2D eigenvalue weighted by molar-refractivity contribution is 0.0525. The number of likely N-dealkylation sites (tertiary alicyclic amines) is 1. The molecule has 1 aliphatic rings. The summed E-state index contributed by atoms with van der Waals surface area (Å²) in [4.78, 5) is 19.4. The third kappa shape index (κ3) is 2.98. The molecule has 6 nitrogen and oxygen atoms in total. The van der Waals surface area contributed by atoms with Crippen LogP contribution in [0.15, 0.2) is 22.0 Å². The fraction of sp³-hybridized carbons (Fsp3) is 0.500. The molecule has 0 aromatic carbocycles. The maximum atomic E-state index is 12.5. The number of hydrogen-bond acceptors (Lipinski definition) is 6. The van der Waals surface area contributed by atoms with Gasteiger partial charge in [-0.15, -0.1) is 11.3 Å². The van der Waals surface area contributed by atoms with Gasteiger partial charge in [0.15, 0.2) is 0 Å². The van der Waals surface area contributed by atoms with Gasteiger partial charge in [0.1, 0.15) is 0 Å². The van der Waals surface area contributed by atoms with Gasteiger partial charge in [0.2, 0.25) is 5.82 Å². The van der Waals surface area contributed by atoms with E-state index in [1.807, 2.05) is 17.5 Å². The number of carbonyl (C=O) groups excluding carboxylic acids is 1. The monoisotopic (exact) mass is 307 g/mol. The number of rotatable bonds is 4. The molecule has 0 saturated carbocycles. The van der Waals surface area contributed by atoms with Crippen LogP contribution in [0.25, 0.3) is 10.7 Å². The standard InChI is InChI=1S/C14H17N3O3S/c18-8-6-10-4-1-2-7-17(10)14(19)13-15-12(16-20-13)11-5-3-9-21-11/h3,5,9-10,18H,1-2,4,6-8H2/t10-/m1/s1. The van der Waals surface area contributed by atoms with E-state index >= 15 is 0 Å². The number of piperidine rings is 1. The molecule has 21 heavy (non-hydrogen) atoms. The normalized spacial score (nSPS) is 18.9. The molecule has 3 rings (SSSR count). The van der Waals surface area contributed by atoms with Crippen molar-refractivity contribution in [2.24, 2.45) is 0 Å². The highest BCUT2D eigenvalue weighted by Crippen LogP contribution is 2.24. The first-order chi connectivity index (χ1) is 10.3. The second-order valence-corrected chi connectivity index (χ2v) is 6.01. The summed E-state index contributed by atoms with van der Waals surface area (Å²) in [5.41, 5.74) is 0. The number of aliphatic hydroxyl groups excluding tert-OH is 1. The molecule has 2 aromatic rings. The Bertz CT molecular complexity index is 594. The minimum absolute atomic E-state index is 0.0308. The van der Waals surface area contributed by atoms with Gasteiger partial charge in [0, 0.05) is 19.2 Å². The van der Waals surface area contributed by atoms with Crippen molar-refractivity contribution in [2.75, 3.05) is 13.2 Å². The summed E-state index contributed by atoms with van der Waals surface area (Å²) in [6, 6.07) is 3.85. The molecule has 0 radical (unpaired) electrons. The molecule has 1 saturated heterocycles. The highest BCUT2D eigenvalue weighted by atomic mass is 32.1. The van der Waals surface area contributed by atoms with E-state index in [1.54, 1.807) is 4.90 Å². The first kappa shape index (κ1) is 14.2. The molecular weight excluding hydrogens is 290 g/mol. The van der Waals surface area contributed by atoms with Crippen LogP contribution >= 0.6 is 11.3 Å². The molecule has 112 valence electrons. The summed E-state index contributed by atoms with van der Waals surface area (Å²) in [6.45, 7) is 0.763. The Kier molecular flexibility index (Phi) is 4.31. The van der Waals surface area contributed by atoms with Crippen LogP contribution in [0.3, 0.4) is 0 Å². The van der Waals surface area contributed by atoms with Crippen LogP contribution in [0.1, 0.15) is 36.4 Å². The molecule has 1 aliphatic heterocycles. The smallest absolute Gasteiger partial charge is 0.316 e. The summed E-state index contributed by atoms with van der Waals surface area (Å²) < 4.78 is 5.12. The van der Waals surface area contributed by atoms with E-state index in [4.69, 9.17) is 9.63 Å². The molecule has 0 spiro atoms. The van der Waals surface area contributed by atoms with E-state index in [0.29, 0.717) is 18.8 Å². The molecule has 1 fully saturated rings. The maximum absolute atomic E-state index is 12.5. The zero-order chi connectivity index (χ0) is 14.7. The van der Waals surface area contributed by atoms with E-state index in [9.17, 15) is 4.79 Å². The van der Waals surface area contributed by atoms with E-state index in [1.165, 1.54) is 11.3 Å². The van der Waals surface area contributed by atoms with Gasteiger partial charge in [0.05, 0.1) is 4.88 Å². The summed E-state index contributed by atoms with van der Waals surface area (Å²) in [7, 11) is 0. The first-order valence-electron chi connectivity index (χ1n) is 7.09. The van der Waals surface area contributed by atoms with Crippen molar-refractivity contribution in [1.82, 2.24) is 15.0 Å². The van der Waals surface area contributed by atoms with E-state index in [-0.39, 0.29) is 24.4 Å². The van der Waals surface area contributed by atoms with Gasteiger partial charge in [-0.1, -0.05) is 11.2 Å². The van der Waals surface area contributed by atoms with Crippen LogP contribution in [-0.2, 0) is 0 Å². The van der Waals surface area contributed by atoms with Crippen molar-refractivity contribution in [3.05, 3.63) is 23.4 Å². The SMILES string of the molecule is O=C(c1nc(-c2cccs2)no1)N1CCCC[C@@H]1CCO. The van der Waals surface area contributed by atoms with Gasteiger partial charge in [0.25, 0.3) is 0 Å². The number of amides is 1. The van der Waals surface area contributed by atoms with Crippen LogP contribution < -0.4 is 0 Å². The largest absolute Gasteiger partial charge is 0.396 e. The molecule has 1 atom stereocenters. The second kappa shape index (κ2) is 6.36.